The fraction of sp³-hybridized carbons (Fsp3) is 0.250. The molecule has 24 heavy (non-hydrogen) atoms. The molecule has 6 nitrogen and oxygen atoms in total. The van der Waals surface area contributed by atoms with Crippen molar-refractivity contribution in [2.75, 3.05) is 18.2 Å². The van der Waals surface area contributed by atoms with Crippen molar-refractivity contribution in [3.05, 3.63) is 52.1 Å². The van der Waals surface area contributed by atoms with Crippen LogP contribution in [0.3, 0.4) is 0 Å². The van der Waals surface area contributed by atoms with Gasteiger partial charge in [0, 0.05) is 18.0 Å². The van der Waals surface area contributed by atoms with Gasteiger partial charge in [-0.2, -0.15) is 0 Å². The number of pyridine rings is 1. The highest BCUT2D eigenvalue weighted by atomic mass is 32.2. The van der Waals surface area contributed by atoms with Gasteiger partial charge < -0.3 is 5.32 Å². The first-order chi connectivity index (χ1) is 11.5. The Kier molecular flexibility index (Phi) is 5.99. The minimum atomic E-state index is -0.531. The molecule has 8 heteroatoms. The van der Waals surface area contributed by atoms with Crippen molar-refractivity contribution in [3.63, 3.8) is 0 Å². The van der Waals surface area contributed by atoms with E-state index in [1.165, 1.54) is 41.6 Å². The van der Waals surface area contributed by atoms with E-state index in [9.17, 15) is 14.0 Å². The maximum atomic E-state index is 14.2. The number of carbonyl (C=O) groups is 1. The number of anilines is 2. The fourth-order valence-electron chi connectivity index (χ4n) is 2.02. The molecule has 1 aromatic heterocycles. The van der Waals surface area contributed by atoms with Gasteiger partial charge in [0.15, 0.2) is 0 Å². The van der Waals surface area contributed by atoms with E-state index in [1.807, 2.05) is 6.26 Å². The van der Waals surface area contributed by atoms with Gasteiger partial charge in [-0.15, -0.1) is 11.8 Å². The van der Waals surface area contributed by atoms with Gasteiger partial charge in [-0.05, 0) is 37.4 Å². The lowest BCUT2D eigenvalue weighted by Gasteiger charge is -2.16. The fourth-order valence-corrected chi connectivity index (χ4v) is 2.44. The largest absolute Gasteiger partial charge is 0.339 e. The summed E-state index contributed by atoms with van der Waals surface area (Å²) in [7, 11) is 1.50. The van der Waals surface area contributed by atoms with Crippen molar-refractivity contribution < 1.29 is 14.0 Å². The molecule has 0 aliphatic carbocycles. The smallest absolute Gasteiger partial charge is 0.278 e. The second kappa shape index (κ2) is 7.98. The van der Waals surface area contributed by atoms with Crippen molar-refractivity contribution in [2.24, 2.45) is 7.05 Å². The number of thioether (sulfide) groups is 1. The molecule has 0 atom stereocenters. The standard InChI is InChI=1S/C16H18FN3O3S/c1-4-23-19-16(22)11-6-8-14(21)20(2)15(11)18-13-7-5-10(24-3)9-12(13)17/h5-9,18H,4H2,1-3H3,(H,19,22). The second-order valence-corrected chi connectivity index (χ2v) is 5.71. The van der Waals surface area contributed by atoms with Gasteiger partial charge in [-0.1, -0.05) is 0 Å². The molecule has 0 unspecified atom stereocenters. The van der Waals surface area contributed by atoms with E-state index in [4.69, 9.17) is 4.84 Å². The molecule has 1 heterocycles. The molecule has 0 fully saturated rings. The van der Waals surface area contributed by atoms with Crippen LogP contribution in [0.25, 0.3) is 0 Å². The molecule has 1 aromatic carbocycles. The van der Waals surface area contributed by atoms with Gasteiger partial charge in [0.1, 0.15) is 11.6 Å². The third-order valence-electron chi connectivity index (χ3n) is 3.30. The van der Waals surface area contributed by atoms with Crippen LogP contribution in [0.2, 0.25) is 0 Å². The van der Waals surface area contributed by atoms with Crippen molar-refractivity contribution in [2.45, 2.75) is 11.8 Å². The van der Waals surface area contributed by atoms with Crippen LogP contribution < -0.4 is 16.4 Å². The maximum Gasteiger partial charge on any atom is 0.278 e. The highest BCUT2D eigenvalue weighted by molar-refractivity contribution is 7.98. The van der Waals surface area contributed by atoms with Gasteiger partial charge in [-0.3, -0.25) is 19.0 Å². The predicted molar refractivity (Wildman–Crippen MR) is 92.2 cm³/mol. The van der Waals surface area contributed by atoms with Gasteiger partial charge in [0.2, 0.25) is 0 Å². The van der Waals surface area contributed by atoms with Gasteiger partial charge in [-0.25, -0.2) is 9.87 Å². The van der Waals surface area contributed by atoms with E-state index >= 15 is 0 Å². The Hall–Kier alpha value is -2.32. The number of nitrogens with one attached hydrogen (secondary N) is 2. The zero-order valence-corrected chi connectivity index (χ0v) is 14.4. The van der Waals surface area contributed by atoms with E-state index in [1.54, 1.807) is 19.1 Å². The molecule has 128 valence electrons. The van der Waals surface area contributed by atoms with Gasteiger partial charge >= 0.3 is 0 Å². The van der Waals surface area contributed by atoms with E-state index < -0.39 is 11.7 Å². The first-order valence-electron chi connectivity index (χ1n) is 7.20. The maximum absolute atomic E-state index is 14.2. The van der Waals surface area contributed by atoms with Crippen LogP contribution in [0.15, 0.2) is 40.0 Å². The summed E-state index contributed by atoms with van der Waals surface area (Å²) in [4.78, 5) is 29.7. The summed E-state index contributed by atoms with van der Waals surface area (Å²) in [6.45, 7) is 2.02. The number of benzene rings is 1. The van der Waals surface area contributed by atoms with Crippen LogP contribution in [-0.2, 0) is 11.9 Å². The molecule has 0 aliphatic rings. The Morgan fingerprint density at radius 3 is 2.71 bits per heavy atom. The van der Waals surface area contributed by atoms with Gasteiger partial charge in [0.25, 0.3) is 11.5 Å². The third kappa shape index (κ3) is 3.95. The molecular formula is C16H18FN3O3S. The quantitative estimate of drug-likeness (QED) is 0.618. The molecule has 2 aromatic rings. The van der Waals surface area contributed by atoms with Crippen molar-refractivity contribution in [1.82, 2.24) is 10.0 Å². The highest BCUT2D eigenvalue weighted by Gasteiger charge is 2.16. The molecule has 2 N–H and O–H groups in total. The molecule has 0 bridgehead atoms. The topological polar surface area (TPSA) is 72.4 Å². The minimum absolute atomic E-state index is 0.166. The number of hydrogen-bond acceptors (Lipinski definition) is 5. The summed E-state index contributed by atoms with van der Waals surface area (Å²) >= 11 is 1.42. The number of halogens is 1. The number of hydrogen-bond donors (Lipinski definition) is 2. The third-order valence-corrected chi connectivity index (χ3v) is 4.02. The molecule has 0 radical (unpaired) electrons. The molecule has 0 saturated heterocycles. The average Bonchev–Trinajstić information content (AvgIpc) is 2.58. The van der Waals surface area contributed by atoms with E-state index in [2.05, 4.69) is 10.8 Å². The predicted octanol–water partition coefficient (Wildman–Crippen LogP) is 2.67. The number of hydroxylamine groups is 1. The Morgan fingerprint density at radius 1 is 1.33 bits per heavy atom. The number of amides is 1. The molecular weight excluding hydrogens is 333 g/mol. The van der Waals surface area contributed by atoms with Crippen LogP contribution in [0.4, 0.5) is 15.9 Å². The summed E-state index contributed by atoms with van der Waals surface area (Å²) in [6.07, 6.45) is 1.85. The lowest BCUT2D eigenvalue weighted by molar-refractivity contribution is 0.0365. The molecule has 0 spiro atoms. The summed E-state index contributed by atoms with van der Waals surface area (Å²) < 4.78 is 15.4. The SMILES string of the molecule is CCONC(=O)c1ccc(=O)n(C)c1Nc1ccc(SC)cc1F. The van der Waals surface area contributed by atoms with Crippen molar-refractivity contribution in [1.29, 1.82) is 0 Å². The summed E-state index contributed by atoms with van der Waals surface area (Å²) in [5.41, 5.74) is 2.27. The first-order valence-corrected chi connectivity index (χ1v) is 8.43. The molecule has 1 amide bonds. The number of carbonyl (C=O) groups excluding carboxylic acids is 1. The minimum Gasteiger partial charge on any atom is -0.339 e. The summed E-state index contributed by atoms with van der Waals surface area (Å²) in [6, 6.07) is 7.32. The Balaban J connectivity index is 2.43. The normalized spacial score (nSPS) is 10.5. The lowest BCUT2D eigenvalue weighted by atomic mass is 10.2. The van der Waals surface area contributed by atoms with E-state index in [0.717, 1.165) is 4.90 Å². The van der Waals surface area contributed by atoms with E-state index in [-0.39, 0.29) is 22.6 Å². The number of rotatable bonds is 6. The highest BCUT2D eigenvalue weighted by Crippen LogP contribution is 2.25. The molecule has 0 aliphatic heterocycles. The number of aromatic nitrogens is 1. The average molecular weight is 351 g/mol. The molecule has 2 rings (SSSR count). The van der Waals surface area contributed by atoms with Crippen LogP contribution >= 0.6 is 11.8 Å². The zero-order chi connectivity index (χ0) is 17.7. The van der Waals surface area contributed by atoms with Gasteiger partial charge in [0.05, 0.1) is 17.9 Å². The van der Waals surface area contributed by atoms with Crippen LogP contribution in [0.5, 0.6) is 0 Å². The van der Waals surface area contributed by atoms with Crippen molar-refractivity contribution >= 4 is 29.2 Å². The van der Waals surface area contributed by atoms with Crippen molar-refractivity contribution in [3.8, 4) is 0 Å². The number of nitrogens with zero attached hydrogens (tertiary/aromatic N) is 1. The van der Waals surface area contributed by atoms with Crippen LogP contribution in [0, 0.1) is 5.82 Å². The lowest BCUT2D eigenvalue weighted by Crippen LogP contribution is -2.28. The Bertz CT molecular complexity index is 808. The Morgan fingerprint density at radius 2 is 2.08 bits per heavy atom. The van der Waals surface area contributed by atoms with E-state index in [0.29, 0.717) is 6.61 Å². The second-order valence-electron chi connectivity index (χ2n) is 4.83. The van der Waals surface area contributed by atoms with Crippen LogP contribution in [0.1, 0.15) is 17.3 Å². The zero-order valence-electron chi connectivity index (χ0n) is 13.6. The Labute approximate surface area is 143 Å². The molecule has 0 saturated carbocycles. The van der Waals surface area contributed by atoms with Crippen LogP contribution in [-0.4, -0.2) is 23.3 Å². The summed E-state index contributed by atoms with van der Waals surface area (Å²) in [5.74, 6) is -0.832. The first kappa shape index (κ1) is 18.0. The summed E-state index contributed by atoms with van der Waals surface area (Å²) in [5, 5.41) is 2.82. The monoisotopic (exact) mass is 351 g/mol.